The van der Waals surface area contributed by atoms with Gasteiger partial charge in [-0.2, -0.15) is 0 Å². The maximum absolute atomic E-state index is 12.9. The Morgan fingerprint density at radius 3 is 2.92 bits per heavy atom. The molecule has 1 fully saturated rings. The quantitative estimate of drug-likeness (QED) is 0.574. The van der Waals surface area contributed by atoms with E-state index in [1.165, 1.54) is 18.2 Å². The Morgan fingerprint density at radius 1 is 1.35 bits per heavy atom. The summed E-state index contributed by atoms with van der Waals surface area (Å²) in [6.45, 7) is 6.63. The number of unbranched alkanes of at least 4 members (excludes halogenated alkanes) is 1. The van der Waals surface area contributed by atoms with Crippen LogP contribution in [0.5, 0.6) is 0 Å². The molecule has 0 bridgehead atoms. The standard InChI is InChI=1S/C20H27N3O2S/c1-3-4-12-23-19(25)16-9-5-6-10-17(16)21-20(23)26-14-18(24)22-11-7-8-15(2)13-22/h5-6,9-10,15H,3-4,7-8,11-14H2,1-2H3. The highest BCUT2D eigenvalue weighted by Crippen LogP contribution is 2.21. The Morgan fingerprint density at radius 2 is 2.15 bits per heavy atom. The minimum Gasteiger partial charge on any atom is -0.342 e. The van der Waals surface area contributed by atoms with E-state index in [-0.39, 0.29) is 11.5 Å². The van der Waals surface area contributed by atoms with Crippen molar-refractivity contribution in [2.45, 2.75) is 51.2 Å². The molecule has 0 radical (unpaired) electrons. The van der Waals surface area contributed by atoms with Gasteiger partial charge in [0.15, 0.2) is 5.16 Å². The molecule has 6 heteroatoms. The minimum absolute atomic E-state index is 0.00871. The SMILES string of the molecule is CCCCn1c(SCC(=O)N2CCCC(C)C2)nc2ccccc2c1=O. The Bertz CT molecular complexity index is 833. The molecule has 0 aliphatic carbocycles. The largest absolute Gasteiger partial charge is 0.342 e. The van der Waals surface area contributed by atoms with Crippen molar-refractivity contribution >= 4 is 28.6 Å². The van der Waals surface area contributed by atoms with E-state index >= 15 is 0 Å². The van der Waals surface area contributed by atoms with Crippen LogP contribution in [0.3, 0.4) is 0 Å². The van der Waals surface area contributed by atoms with Gasteiger partial charge in [-0.15, -0.1) is 0 Å². The molecule has 0 spiro atoms. The fraction of sp³-hybridized carbons (Fsp3) is 0.550. The average Bonchev–Trinajstić information content (AvgIpc) is 2.65. The zero-order valence-corrected chi connectivity index (χ0v) is 16.4. The summed E-state index contributed by atoms with van der Waals surface area (Å²) < 4.78 is 1.74. The van der Waals surface area contributed by atoms with Crippen LogP contribution >= 0.6 is 11.8 Å². The Labute approximate surface area is 158 Å². The normalized spacial score (nSPS) is 17.6. The van der Waals surface area contributed by atoms with Crippen LogP contribution in [0.2, 0.25) is 0 Å². The van der Waals surface area contributed by atoms with E-state index in [9.17, 15) is 9.59 Å². The van der Waals surface area contributed by atoms with Crippen LogP contribution in [0.15, 0.2) is 34.2 Å². The number of benzene rings is 1. The number of carbonyl (C=O) groups is 1. The first kappa shape index (κ1) is 19.0. The summed E-state index contributed by atoms with van der Waals surface area (Å²) in [4.78, 5) is 32.1. The summed E-state index contributed by atoms with van der Waals surface area (Å²) in [5, 5.41) is 1.30. The summed E-state index contributed by atoms with van der Waals surface area (Å²) >= 11 is 1.39. The molecule has 5 nitrogen and oxygen atoms in total. The molecule has 26 heavy (non-hydrogen) atoms. The number of nitrogens with zero attached hydrogens (tertiary/aromatic N) is 3. The summed E-state index contributed by atoms with van der Waals surface area (Å²) in [6.07, 6.45) is 4.20. The summed E-state index contributed by atoms with van der Waals surface area (Å²) in [5.74, 6) is 1.05. The molecule has 140 valence electrons. The number of likely N-dealkylation sites (tertiary alicyclic amines) is 1. The molecule has 1 aliphatic rings. The number of aromatic nitrogens is 2. The lowest BCUT2D eigenvalue weighted by atomic mass is 10.0. The molecule has 1 amide bonds. The van der Waals surface area contributed by atoms with E-state index in [0.717, 1.165) is 32.4 Å². The van der Waals surface area contributed by atoms with E-state index in [1.807, 2.05) is 29.2 Å². The van der Waals surface area contributed by atoms with Gasteiger partial charge < -0.3 is 4.90 Å². The van der Waals surface area contributed by atoms with Crippen LogP contribution in [0.1, 0.15) is 39.5 Å². The maximum atomic E-state index is 12.9. The summed E-state index contributed by atoms with van der Waals surface area (Å²) in [5.41, 5.74) is 0.692. The molecule has 1 aromatic heterocycles. The third-order valence-corrected chi connectivity index (χ3v) is 5.86. The van der Waals surface area contributed by atoms with Gasteiger partial charge in [0.2, 0.25) is 5.91 Å². The van der Waals surface area contributed by atoms with Gasteiger partial charge in [-0.05, 0) is 37.3 Å². The number of amides is 1. The van der Waals surface area contributed by atoms with Crippen molar-refractivity contribution in [2.75, 3.05) is 18.8 Å². The monoisotopic (exact) mass is 373 g/mol. The number of para-hydroxylation sites is 1. The predicted molar refractivity (Wildman–Crippen MR) is 107 cm³/mol. The van der Waals surface area contributed by atoms with Crippen LogP contribution in [0, 0.1) is 5.92 Å². The van der Waals surface area contributed by atoms with Crippen LogP contribution in [0.25, 0.3) is 10.9 Å². The number of thioether (sulfide) groups is 1. The second-order valence-corrected chi connectivity index (χ2v) is 8.04. The first-order chi connectivity index (χ1) is 12.6. The fourth-order valence-electron chi connectivity index (χ4n) is 3.40. The van der Waals surface area contributed by atoms with E-state index in [4.69, 9.17) is 0 Å². The molecule has 1 unspecified atom stereocenters. The number of hydrogen-bond acceptors (Lipinski definition) is 4. The zero-order valence-electron chi connectivity index (χ0n) is 15.6. The molecular formula is C20H27N3O2S. The van der Waals surface area contributed by atoms with Crippen molar-refractivity contribution in [3.63, 3.8) is 0 Å². The van der Waals surface area contributed by atoms with Gasteiger partial charge in [0.05, 0.1) is 16.7 Å². The van der Waals surface area contributed by atoms with E-state index in [0.29, 0.717) is 34.3 Å². The van der Waals surface area contributed by atoms with Gasteiger partial charge in [0.1, 0.15) is 0 Å². The minimum atomic E-state index is -0.00871. The molecule has 0 N–H and O–H groups in total. The van der Waals surface area contributed by atoms with E-state index < -0.39 is 0 Å². The van der Waals surface area contributed by atoms with Gasteiger partial charge in [-0.25, -0.2) is 4.98 Å². The molecule has 1 aromatic carbocycles. The van der Waals surface area contributed by atoms with Gasteiger partial charge in [0, 0.05) is 19.6 Å². The van der Waals surface area contributed by atoms with Crippen molar-refractivity contribution in [1.29, 1.82) is 0 Å². The highest BCUT2D eigenvalue weighted by molar-refractivity contribution is 7.99. The van der Waals surface area contributed by atoms with E-state index in [1.54, 1.807) is 4.57 Å². The Kier molecular flexibility index (Phi) is 6.35. The predicted octanol–water partition coefficient (Wildman–Crippen LogP) is 3.55. The Hall–Kier alpha value is -1.82. The highest BCUT2D eigenvalue weighted by atomic mass is 32.2. The zero-order chi connectivity index (χ0) is 18.5. The fourth-order valence-corrected chi connectivity index (χ4v) is 4.33. The second kappa shape index (κ2) is 8.71. The summed E-state index contributed by atoms with van der Waals surface area (Å²) in [7, 11) is 0. The Balaban J connectivity index is 1.81. The van der Waals surface area contributed by atoms with Crippen molar-refractivity contribution in [3.8, 4) is 0 Å². The molecule has 1 saturated heterocycles. The van der Waals surface area contributed by atoms with Crippen molar-refractivity contribution < 1.29 is 4.79 Å². The van der Waals surface area contributed by atoms with Crippen LogP contribution < -0.4 is 5.56 Å². The first-order valence-corrected chi connectivity index (χ1v) is 10.5. The lowest BCUT2D eigenvalue weighted by molar-refractivity contribution is -0.130. The van der Waals surface area contributed by atoms with Crippen molar-refractivity contribution in [2.24, 2.45) is 5.92 Å². The summed E-state index contributed by atoms with van der Waals surface area (Å²) in [6, 6.07) is 7.43. The molecule has 2 aromatic rings. The smallest absolute Gasteiger partial charge is 0.262 e. The van der Waals surface area contributed by atoms with Gasteiger partial charge in [-0.1, -0.05) is 44.2 Å². The lowest BCUT2D eigenvalue weighted by Gasteiger charge is -2.30. The third kappa shape index (κ3) is 4.29. The maximum Gasteiger partial charge on any atom is 0.262 e. The number of piperidine rings is 1. The molecule has 1 aliphatic heterocycles. The topological polar surface area (TPSA) is 55.2 Å². The number of carbonyl (C=O) groups excluding carboxylic acids is 1. The van der Waals surface area contributed by atoms with Crippen molar-refractivity contribution in [1.82, 2.24) is 14.5 Å². The molecule has 3 rings (SSSR count). The molecular weight excluding hydrogens is 346 g/mol. The number of rotatable bonds is 6. The van der Waals surface area contributed by atoms with Crippen LogP contribution in [0.4, 0.5) is 0 Å². The third-order valence-electron chi connectivity index (χ3n) is 4.90. The number of hydrogen-bond donors (Lipinski definition) is 0. The van der Waals surface area contributed by atoms with Gasteiger partial charge in [0.25, 0.3) is 5.56 Å². The van der Waals surface area contributed by atoms with Crippen LogP contribution in [-0.2, 0) is 11.3 Å². The lowest BCUT2D eigenvalue weighted by Crippen LogP contribution is -2.40. The van der Waals surface area contributed by atoms with Crippen LogP contribution in [-0.4, -0.2) is 39.2 Å². The second-order valence-electron chi connectivity index (χ2n) is 7.10. The highest BCUT2D eigenvalue weighted by Gasteiger charge is 2.21. The van der Waals surface area contributed by atoms with Gasteiger partial charge in [-0.3, -0.25) is 14.2 Å². The number of fused-ring (bicyclic) bond motifs is 1. The average molecular weight is 374 g/mol. The van der Waals surface area contributed by atoms with E-state index in [2.05, 4.69) is 18.8 Å². The van der Waals surface area contributed by atoms with Gasteiger partial charge >= 0.3 is 0 Å². The first-order valence-electron chi connectivity index (χ1n) is 9.50. The molecule has 0 saturated carbocycles. The van der Waals surface area contributed by atoms with Crippen molar-refractivity contribution in [3.05, 3.63) is 34.6 Å². The molecule has 2 heterocycles. The molecule has 1 atom stereocenters.